The molecule has 25 heavy (non-hydrogen) atoms. The van der Waals surface area contributed by atoms with Crippen LogP contribution in [0, 0.1) is 19.3 Å². The standard InChI is InChI=1S/C20H32N2O3/c1-15-6-7-18(16(2)12-15)25-14-17(23)13-21-8-10-22(11-9-21)19(24)20(3,4)5/h6-7,12,17,23H,8-11,13-14H2,1-5H3. The van der Waals surface area contributed by atoms with Crippen molar-refractivity contribution in [2.45, 2.75) is 40.7 Å². The third-order valence-electron chi connectivity index (χ3n) is 4.53. The van der Waals surface area contributed by atoms with Gasteiger partial charge in [-0.25, -0.2) is 0 Å². The van der Waals surface area contributed by atoms with Gasteiger partial charge in [0, 0.05) is 38.1 Å². The van der Waals surface area contributed by atoms with Crippen molar-refractivity contribution in [2.75, 3.05) is 39.3 Å². The summed E-state index contributed by atoms with van der Waals surface area (Å²) in [6, 6.07) is 6.04. The Bertz CT molecular complexity index is 587. The number of hydrogen-bond acceptors (Lipinski definition) is 4. The van der Waals surface area contributed by atoms with Crippen molar-refractivity contribution >= 4 is 5.91 Å². The average Bonchev–Trinajstić information content (AvgIpc) is 2.53. The van der Waals surface area contributed by atoms with Crippen molar-refractivity contribution in [1.82, 2.24) is 9.80 Å². The summed E-state index contributed by atoms with van der Waals surface area (Å²) in [7, 11) is 0. The van der Waals surface area contributed by atoms with Gasteiger partial charge in [0.2, 0.25) is 5.91 Å². The number of β-amino-alcohol motifs (C(OH)–C–C–N with tert-alkyl or cyclic N) is 1. The summed E-state index contributed by atoms with van der Waals surface area (Å²) >= 11 is 0. The lowest BCUT2D eigenvalue weighted by Crippen LogP contribution is -2.53. The van der Waals surface area contributed by atoms with Crippen molar-refractivity contribution < 1.29 is 14.6 Å². The molecule has 5 nitrogen and oxygen atoms in total. The minimum atomic E-state index is -0.537. The van der Waals surface area contributed by atoms with Gasteiger partial charge in [-0.15, -0.1) is 0 Å². The van der Waals surface area contributed by atoms with Crippen molar-refractivity contribution in [3.05, 3.63) is 29.3 Å². The van der Waals surface area contributed by atoms with E-state index in [0.717, 1.165) is 37.5 Å². The highest BCUT2D eigenvalue weighted by Gasteiger charge is 2.30. The number of aryl methyl sites for hydroxylation is 2. The number of aliphatic hydroxyl groups is 1. The fourth-order valence-electron chi connectivity index (χ4n) is 3.11. The molecule has 1 aromatic carbocycles. The first-order chi connectivity index (χ1) is 11.7. The lowest BCUT2D eigenvalue weighted by molar-refractivity contribution is -0.141. The minimum Gasteiger partial charge on any atom is -0.491 e. The largest absolute Gasteiger partial charge is 0.491 e. The molecular weight excluding hydrogens is 316 g/mol. The van der Waals surface area contributed by atoms with Crippen molar-refractivity contribution in [1.29, 1.82) is 0 Å². The number of hydrogen-bond donors (Lipinski definition) is 1. The summed E-state index contributed by atoms with van der Waals surface area (Å²) in [5.74, 6) is 1.02. The Morgan fingerprint density at radius 1 is 1.20 bits per heavy atom. The van der Waals surface area contributed by atoms with Gasteiger partial charge in [0.05, 0.1) is 0 Å². The van der Waals surface area contributed by atoms with E-state index in [4.69, 9.17) is 4.74 Å². The third kappa shape index (κ3) is 5.72. The molecule has 0 spiro atoms. The third-order valence-corrected chi connectivity index (χ3v) is 4.53. The normalized spacial score (nSPS) is 17.4. The highest BCUT2D eigenvalue weighted by molar-refractivity contribution is 5.81. The first-order valence-electron chi connectivity index (χ1n) is 9.06. The van der Waals surface area contributed by atoms with E-state index in [9.17, 15) is 9.90 Å². The van der Waals surface area contributed by atoms with Crippen LogP contribution in [0.2, 0.25) is 0 Å². The number of carbonyl (C=O) groups excluding carboxylic acids is 1. The number of benzene rings is 1. The predicted octanol–water partition coefficient (Wildman–Crippen LogP) is 2.23. The Labute approximate surface area is 151 Å². The number of amides is 1. The summed E-state index contributed by atoms with van der Waals surface area (Å²) < 4.78 is 5.76. The molecule has 1 amide bonds. The van der Waals surface area contributed by atoms with Crippen LogP contribution in [-0.4, -0.2) is 66.2 Å². The van der Waals surface area contributed by atoms with Gasteiger partial charge in [0.25, 0.3) is 0 Å². The van der Waals surface area contributed by atoms with Crippen LogP contribution in [0.5, 0.6) is 5.75 Å². The Morgan fingerprint density at radius 3 is 2.40 bits per heavy atom. The summed E-state index contributed by atoms with van der Waals surface area (Å²) in [6.07, 6.45) is -0.537. The molecular formula is C20H32N2O3. The second-order valence-corrected chi connectivity index (χ2v) is 8.08. The van der Waals surface area contributed by atoms with Crippen LogP contribution in [0.1, 0.15) is 31.9 Å². The molecule has 2 rings (SSSR count). The highest BCUT2D eigenvalue weighted by atomic mass is 16.5. The lowest BCUT2D eigenvalue weighted by Gasteiger charge is -2.38. The first kappa shape index (κ1) is 19.7. The molecule has 0 bridgehead atoms. The topological polar surface area (TPSA) is 53.0 Å². The molecule has 5 heteroatoms. The number of carbonyl (C=O) groups is 1. The second kappa shape index (κ2) is 8.19. The average molecular weight is 348 g/mol. The van der Waals surface area contributed by atoms with Gasteiger partial charge in [0.15, 0.2) is 0 Å². The van der Waals surface area contributed by atoms with Crippen LogP contribution in [0.25, 0.3) is 0 Å². The van der Waals surface area contributed by atoms with E-state index in [-0.39, 0.29) is 17.9 Å². The second-order valence-electron chi connectivity index (χ2n) is 8.08. The van der Waals surface area contributed by atoms with E-state index in [1.807, 2.05) is 44.7 Å². The quantitative estimate of drug-likeness (QED) is 0.887. The first-order valence-corrected chi connectivity index (χ1v) is 9.06. The summed E-state index contributed by atoms with van der Waals surface area (Å²) in [6.45, 7) is 13.8. The predicted molar refractivity (Wildman–Crippen MR) is 99.9 cm³/mol. The lowest BCUT2D eigenvalue weighted by atomic mass is 9.94. The van der Waals surface area contributed by atoms with Crippen LogP contribution in [0.3, 0.4) is 0 Å². The molecule has 0 aromatic heterocycles. The van der Waals surface area contributed by atoms with E-state index in [1.165, 1.54) is 5.56 Å². The van der Waals surface area contributed by atoms with E-state index < -0.39 is 6.10 Å². The summed E-state index contributed by atoms with van der Waals surface area (Å²) in [5, 5.41) is 10.3. The molecule has 1 atom stereocenters. The maximum atomic E-state index is 12.3. The Morgan fingerprint density at radius 2 is 1.84 bits per heavy atom. The van der Waals surface area contributed by atoms with Gasteiger partial charge >= 0.3 is 0 Å². The minimum absolute atomic E-state index is 0.200. The number of nitrogens with zero attached hydrogens (tertiary/aromatic N) is 2. The Balaban J connectivity index is 1.75. The molecule has 0 saturated carbocycles. The molecule has 1 aromatic rings. The zero-order valence-corrected chi connectivity index (χ0v) is 16.2. The smallest absolute Gasteiger partial charge is 0.228 e. The highest BCUT2D eigenvalue weighted by Crippen LogP contribution is 2.20. The van der Waals surface area contributed by atoms with Crippen LogP contribution >= 0.6 is 0 Å². The molecule has 1 saturated heterocycles. The van der Waals surface area contributed by atoms with Crippen molar-refractivity contribution in [3.8, 4) is 5.75 Å². The molecule has 1 N–H and O–H groups in total. The molecule has 1 aliphatic heterocycles. The van der Waals surface area contributed by atoms with E-state index in [0.29, 0.717) is 6.54 Å². The van der Waals surface area contributed by atoms with Gasteiger partial charge in [-0.1, -0.05) is 38.5 Å². The molecule has 140 valence electrons. The van der Waals surface area contributed by atoms with Crippen LogP contribution in [0.15, 0.2) is 18.2 Å². The molecule has 1 fully saturated rings. The Kier molecular flexibility index (Phi) is 6.47. The van der Waals surface area contributed by atoms with Crippen LogP contribution in [0.4, 0.5) is 0 Å². The molecule has 1 heterocycles. The summed E-state index contributed by atoms with van der Waals surface area (Å²) in [5.41, 5.74) is 1.95. The van der Waals surface area contributed by atoms with Gasteiger partial charge in [-0.3, -0.25) is 9.69 Å². The summed E-state index contributed by atoms with van der Waals surface area (Å²) in [4.78, 5) is 16.4. The number of ether oxygens (including phenoxy) is 1. The molecule has 0 radical (unpaired) electrons. The van der Waals surface area contributed by atoms with Crippen molar-refractivity contribution in [2.24, 2.45) is 5.41 Å². The van der Waals surface area contributed by atoms with E-state index in [1.54, 1.807) is 0 Å². The molecule has 0 aliphatic carbocycles. The maximum Gasteiger partial charge on any atom is 0.228 e. The van der Waals surface area contributed by atoms with Gasteiger partial charge < -0.3 is 14.7 Å². The fraction of sp³-hybridized carbons (Fsp3) is 0.650. The number of aliphatic hydroxyl groups excluding tert-OH is 1. The van der Waals surface area contributed by atoms with Crippen LogP contribution < -0.4 is 4.74 Å². The Hall–Kier alpha value is -1.59. The number of rotatable bonds is 5. The monoisotopic (exact) mass is 348 g/mol. The SMILES string of the molecule is Cc1ccc(OCC(O)CN2CCN(C(=O)C(C)(C)C)CC2)c(C)c1. The number of piperazine rings is 1. The van der Waals surface area contributed by atoms with Gasteiger partial charge in [-0.05, 0) is 25.5 Å². The molecule has 1 aliphatic rings. The zero-order valence-electron chi connectivity index (χ0n) is 16.2. The van der Waals surface area contributed by atoms with Crippen molar-refractivity contribution in [3.63, 3.8) is 0 Å². The molecule has 1 unspecified atom stereocenters. The van der Waals surface area contributed by atoms with E-state index in [2.05, 4.69) is 17.9 Å². The zero-order chi connectivity index (χ0) is 18.6. The van der Waals surface area contributed by atoms with Gasteiger partial charge in [-0.2, -0.15) is 0 Å². The van der Waals surface area contributed by atoms with Crippen LogP contribution in [-0.2, 0) is 4.79 Å². The van der Waals surface area contributed by atoms with Gasteiger partial charge in [0.1, 0.15) is 18.5 Å². The maximum absolute atomic E-state index is 12.3. The fourth-order valence-corrected chi connectivity index (χ4v) is 3.11. The van der Waals surface area contributed by atoms with E-state index >= 15 is 0 Å².